The molecule has 1 N–H and O–H groups in total. The molecule has 5 rings (SSSR count). The number of hydrogen-bond donors (Lipinski definition) is 1. The molecule has 3 aromatic rings. The lowest BCUT2D eigenvalue weighted by molar-refractivity contribution is -0.131. The Kier molecular flexibility index (Phi) is 6.38. The second-order valence-electron chi connectivity index (χ2n) is 8.70. The van der Waals surface area contributed by atoms with E-state index in [9.17, 15) is 9.59 Å². The van der Waals surface area contributed by atoms with Crippen LogP contribution in [0.15, 0.2) is 36.4 Å². The number of rotatable bonds is 7. The molecule has 0 spiro atoms. The Morgan fingerprint density at radius 1 is 1.18 bits per heavy atom. The number of thiazole rings is 1. The van der Waals surface area contributed by atoms with Crippen molar-refractivity contribution in [2.75, 3.05) is 50.7 Å². The molecule has 2 aromatic carbocycles. The van der Waals surface area contributed by atoms with E-state index in [1.54, 1.807) is 24.1 Å². The molecule has 0 bridgehead atoms. The summed E-state index contributed by atoms with van der Waals surface area (Å²) in [6.07, 6.45) is 1.99. The van der Waals surface area contributed by atoms with Crippen molar-refractivity contribution in [3.05, 3.63) is 47.5 Å². The third kappa shape index (κ3) is 4.71. The predicted octanol–water partition coefficient (Wildman–Crippen LogP) is 3.76. The maximum Gasteiger partial charge on any atom is 0.257 e. The van der Waals surface area contributed by atoms with Crippen LogP contribution in [0.5, 0.6) is 5.75 Å². The number of methoxy groups -OCH3 is 1. The molecule has 8 nitrogen and oxygen atoms in total. The largest absolute Gasteiger partial charge is 0.494 e. The van der Waals surface area contributed by atoms with Crippen molar-refractivity contribution in [3.63, 3.8) is 0 Å². The third-order valence-corrected chi connectivity index (χ3v) is 7.21. The van der Waals surface area contributed by atoms with Gasteiger partial charge in [-0.25, -0.2) is 4.98 Å². The molecule has 0 atom stereocenters. The molecule has 0 radical (unpaired) electrons. The fourth-order valence-electron chi connectivity index (χ4n) is 4.17. The summed E-state index contributed by atoms with van der Waals surface area (Å²) >= 11 is 1.44. The van der Waals surface area contributed by atoms with Crippen LogP contribution in [-0.4, -0.2) is 62.2 Å². The molecule has 2 fully saturated rings. The monoisotopic (exact) mass is 480 g/mol. The van der Waals surface area contributed by atoms with E-state index >= 15 is 0 Å². The standard InChI is InChI=1S/C25H28N4O4S/c1-28(24(31)18-7-8-18)15-16-3-5-17(6-4-16)23(30)27-25-26-21-20(32-2)10-9-19(22(21)34-25)29-11-13-33-14-12-29/h3-6,9-10,18H,7-8,11-15H2,1-2H3,(H,26,27,30). The topological polar surface area (TPSA) is 84.0 Å². The van der Waals surface area contributed by atoms with Crippen LogP contribution in [0.4, 0.5) is 10.8 Å². The molecule has 1 aliphatic carbocycles. The molecular weight excluding hydrogens is 452 g/mol. The molecule has 1 saturated heterocycles. The van der Waals surface area contributed by atoms with Gasteiger partial charge in [0.1, 0.15) is 11.3 Å². The summed E-state index contributed by atoms with van der Waals surface area (Å²) < 4.78 is 12.0. The van der Waals surface area contributed by atoms with E-state index in [0.717, 1.165) is 47.4 Å². The highest BCUT2D eigenvalue weighted by Gasteiger charge is 2.31. The zero-order valence-corrected chi connectivity index (χ0v) is 20.2. The van der Waals surface area contributed by atoms with E-state index in [2.05, 4.69) is 15.2 Å². The number of fused-ring (bicyclic) bond motifs is 1. The first kappa shape index (κ1) is 22.6. The van der Waals surface area contributed by atoms with Crippen molar-refractivity contribution in [1.82, 2.24) is 9.88 Å². The zero-order chi connectivity index (χ0) is 23.7. The first-order chi connectivity index (χ1) is 16.5. The Balaban J connectivity index is 1.31. The fourth-order valence-corrected chi connectivity index (χ4v) is 5.18. The highest BCUT2D eigenvalue weighted by atomic mass is 32.1. The van der Waals surface area contributed by atoms with Gasteiger partial charge in [0.15, 0.2) is 5.13 Å². The summed E-state index contributed by atoms with van der Waals surface area (Å²) in [5, 5.41) is 3.46. The van der Waals surface area contributed by atoms with E-state index in [4.69, 9.17) is 9.47 Å². The molecule has 9 heteroatoms. The quantitative estimate of drug-likeness (QED) is 0.554. The van der Waals surface area contributed by atoms with Crippen molar-refractivity contribution < 1.29 is 19.1 Å². The lowest BCUT2D eigenvalue weighted by Gasteiger charge is -2.29. The van der Waals surface area contributed by atoms with Crippen LogP contribution in [0.2, 0.25) is 0 Å². The van der Waals surface area contributed by atoms with Gasteiger partial charge in [-0.3, -0.25) is 14.9 Å². The number of carbonyl (C=O) groups is 2. The molecular formula is C25H28N4O4S. The molecule has 1 saturated carbocycles. The number of anilines is 2. The van der Waals surface area contributed by atoms with Crippen molar-refractivity contribution in [2.24, 2.45) is 5.92 Å². The number of amides is 2. The lowest BCUT2D eigenvalue weighted by Crippen LogP contribution is -2.36. The summed E-state index contributed by atoms with van der Waals surface area (Å²) in [7, 11) is 3.45. The fraction of sp³-hybridized carbons (Fsp3) is 0.400. The molecule has 2 heterocycles. The number of aromatic nitrogens is 1. The lowest BCUT2D eigenvalue weighted by atomic mass is 10.1. The maximum atomic E-state index is 12.9. The summed E-state index contributed by atoms with van der Waals surface area (Å²) in [5.74, 6) is 0.855. The second kappa shape index (κ2) is 9.60. The number of ether oxygens (including phenoxy) is 2. The molecule has 34 heavy (non-hydrogen) atoms. The maximum absolute atomic E-state index is 12.9. The van der Waals surface area contributed by atoms with E-state index in [0.29, 0.717) is 36.2 Å². The highest BCUT2D eigenvalue weighted by Crippen LogP contribution is 2.39. The van der Waals surface area contributed by atoms with Crippen molar-refractivity contribution >= 4 is 44.2 Å². The number of morpholine rings is 1. The Hall–Kier alpha value is -3.17. The van der Waals surface area contributed by atoms with Crippen molar-refractivity contribution in [1.29, 1.82) is 0 Å². The molecule has 1 aliphatic heterocycles. The molecule has 2 amide bonds. The first-order valence-electron chi connectivity index (χ1n) is 11.5. The Morgan fingerprint density at radius 2 is 1.91 bits per heavy atom. The average molecular weight is 481 g/mol. The van der Waals surface area contributed by atoms with Gasteiger partial charge in [0, 0.05) is 38.2 Å². The number of nitrogens with one attached hydrogen (secondary N) is 1. The first-order valence-corrected chi connectivity index (χ1v) is 12.3. The van der Waals surface area contributed by atoms with Gasteiger partial charge >= 0.3 is 0 Å². The predicted molar refractivity (Wildman–Crippen MR) is 133 cm³/mol. The Bertz CT molecular complexity index is 1200. The normalized spacial score (nSPS) is 15.9. The smallest absolute Gasteiger partial charge is 0.257 e. The van der Waals surface area contributed by atoms with Crippen LogP contribution in [-0.2, 0) is 16.1 Å². The minimum absolute atomic E-state index is 0.199. The van der Waals surface area contributed by atoms with E-state index in [1.165, 1.54) is 11.3 Å². The van der Waals surface area contributed by atoms with E-state index in [1.807, 2.05) is 31.3 Å². The van der Waals surface area contributed by atoms with Crippen LogP contribution < -0.4 is 15.0 Å². The average Bonchev–Trinajstić information content (AvgIpc) is 3.63. The van der Waals surface area contributed by atoms with E-state index < -0.39 is 0 Å². The van der Waals surface area contributed by atoms with Gasteiger partial charge in [-0.05, 0) is 42.7 Å². The van der Waals surface area contributed by atoms with Crippen LogP contribution in [0.3, 0.4) is 0 Å². The van der Waals surface area contributed by atoms with Crippen LogP contribution >= 0.6 is 11.3 Å². The summed E-state index contributed by atoms with van der Waals surface area (Å²) in [4.78, 5) is 33.8. The van der Waals surface area contributed by atoms with Gasteiger partial charge in [0.05, 0.1) is 30.7 Å². The molecule has 1 aromatic heterocycles. The van der Waals surface area contributed by atoms with Crippen LogP contribution in [0, 0.1) is 5.92 Å². The van der Waals surface area contributed by atoms with Gasteiger partial charge in [-0.1, -0.05) is 23.5 Å². The SMILES string of the molecule is COc1ccc(N2CCOCC2)c2sc(NC(=O)c3ccc(CN(C)C(=O)C4CC4)cc3)nc12. The Morgan fingerprint density at radius 3 is 2.59 bits per heavy atom. The van der Waals surface area contributed by atoms with Gasteiger partial charge in [-0.15, -0.1) is 0 Å². The molecule has 178 valence electrons. The minimum Gasteiger partial charge on any atom is -0.494 e. The highest BCUT2D eigenvalue weighted by molar-refractivity contribution is 7.23. The van der Waals surface area contributed by atoms with Crippen molar-refractivity contribution in [2.45, 2.75) is 19.4 Å². The summed E-state index contributed by atoms with van der Waals surface area (Å²) in [6.45, 7) is 3.55. The minimum atomic E-state index is -0.222. The second-order valence-corrected chi connectivity index (χ2v) is 9.70. The van der Waals surface area contributed by atoms with Gasteiger partial charge in [-0.2, -0.15) is 0 Å². The molecule has 0 unspecified atom stereocenters. The summed E-state index contributed by atoms with van der Waals surface area (Å²) in [5.41, 5.74) is 3.35. The van der Waals surface area contributed by atoms with Gasteiger partial charge in [0.25, 0.3) is 5.91 Å². The van der Waals surface area contributed by atoms with Gasteiger partial charge in [0.2, 0.25) is 5.91 Å². The van der Waals surface area contributed by atoms with E-state index in [-0.39, 0.29) is 17.7 Å². The van der Waals surface area contributed by atoms with Crippen LogP contribution in [0.1, 0.15) is 28.8 Å². The third-order valence-electron chi connectivity index (χ3n) is 6.22. The van der Waals surface area contributed by atoms with Gasteiger partial charge < -0.3 is 19.3 Å². The van der Waals surface area contributed by atoms with Crippen molar-refractivity contribution in [3.8, 4) is 5.75 Å². The number of benzene rings is 2. The molecule has 2 aliphatic rings. The van der Waals surface area contributed by atoms with Crippen LogP contribution in [0.25, 0.3) is 10.2 Å². The summed E-state index contributed by atoms with van der Waals surface area (Å²) in [6, 6.07) is 11.3. The number of hydrogen-bond acceptors (Lipinski definition) is 7. The Labute approximate surface area is 202 Å². The number of nitrogens with zero attached hydrogens (tertiary/aromatic N) is 3. The zero-order valence-electron chi connectivity index (χ0n) is 19.4. The number of carbonyl (C=O) groups excluding carboxylic acids is 2.